The quantitative estimate of drug-likeness (QED) is 0.825. The topological polar surface area (TPSA) is 59.4 Å². The SMILES string of the molecule is Cn1nc(C(=O)NCCCN2CCOCC2)c2c1-c1ccsc1CC2. The molecule has 25 heavy (non-hydrogen) atoms. The van der Waals surface area contributed by atoms with Gasteiger partial charge in [-0.25, -0.2) is 0 Å². The first-order chi connectivity index (χ1) is 12.2. The molecule has 4 rings (SSSR count). The summed E-state index contributed by atoms with van der Waals surface area (Å²) in [6.45, 7) is 5.30. The van der Waals surface area contributed by atoms with E-state index >= 15 is 0 Å². The van der Waals surface area contributed by atoms with Gasteiger partial charge in [-0.3, -0.25) is 14.4 Å². The minimum atomic E-state index is -0.0440. The van der Waals surface area contributed by atoms with E-state index in [9.17, 15) is 4.79 Å². The van der Waals surface area contributed by atoms with Gasteiger partial charge in [0.2, 0.25) is 0 Å². The van der Waals surface area contributed by atoms with Crippen molar-refractivity contribution in [2.45, 2.75) is 19.3 Å². The number of fused-ring (bicyclic) bond motifs is 3. The minimum absolute atomic E-state index is 0.0440. The predicted molar refractivity (Wildman–Crippen MR) is 98.1 cm³/mol. The lowest BCUT2D eigenvalue weighted by Gasteiger charge is -2.26. The molecule has 2 aromatic heterocycles. The summed E-state index contributed by atoms with van der Waals surface area (Å²) in [4.78, 5) is 16.4. The van der Waals surface area contributed by atoms with Gasteiger partial charge in [-0.1, -0.05) is 0 Å². The maximum Gasteiger partial charge on any atom is 0.272 e. The highest BCUT2D eigenvalue weighted by molar-refractivity contribution is 7.10. The Bertz CT molecular complexity index is 761. The molecule has 1 fully saturated rings. The smallest absolute Gasteiger partial charge is 0.272 e. The zero-order valence-electron chi connectivity index (χ0n) is 14.6. The number of amides is 1. The molecule has 1 saturated heterocycles. The molecule has 1 aliphatic heterocycles. The monoisotopic (exact) mass is 360 g/mol. The van der Waals surface area contributed by atoms with Crippen LogP contribution in [0.4, 0.5) is 0 Å². The third-order valence-electron chi connectivity index (χ3n) is 5.00. The first-order valence-corrected chi connectivity index (χ1v) is 9.83. The van der Waals surface area contributed by atoms with Crippen LogP contribution in [0.2, 0.25) is 0 Å². The van der Waals surface area contributed by atoms with Crippen molar-refractivity contribution < 1.29 is 9.53 Å². The first kappa shape index (κ1) is 16.8. The summed E-state index contributed by atoms with van der Waals surface area (Å²) in [5, 5.41) is 9.69. The number of hydrogen-bond donors (Lipinski definition) is 1. The lowest BCUT2D eigenvalue weighted by Crippen LogP contribution is -2.38. The zero-order valence-corrected chi connectivity index (χ0v) is 15.4. The fraction of sp³-hybridized carbons (Fsp3) is 0.556. The Balaban J connectivity index is 1.38. The van der Waals surface area contributed by atoms with Crippen molar-refractivity contribution in [3.8, 4) is 11.3 Å². The molecule has 2 aromatic rings. The molecule has 7 heteroatoms. The van der Waals surface area contributed by atoms with Crippen LogP contribution in [-0.2, 0) is 24.6 Å². The molecule has 6 nitrogen and oxygen atoms in total. The maximum atomic E-state index is 12.6. The number of hydrogen-bond acceptors (Lipinski definition) is 5. The van der Waals surface area contributed by atoms with Crippen LogP contribution in [0.1, 0.15) is 27.3 Å². The number of carbonyl (C=O) groups excluding carboxylic acids is 1. The predicted octanol–water partition coefficient (Wildman–Crippen LogP) is 1.70. The fourth-order valence-electron chi connectivity index (χ4n) is 3.72. The molecule has 0 atom stereocenters. The summed E-state index contributed by atoms with van der Waals surface area (Å²) in [6, 6.07) is 2.14. The standard InChI is InChI=1S/C18H24N4O2S/c1-21-17-13-5-12-25-15(13)4-3-14(17)16(20-21)18(23)19-6-2-7-22-8-10-24-11-9-22/h5,12H,2-4,6-11H2,1H3,(H,19,23). The van der Waals surface area contributed by atoms with E-state index in [1.807, 2.05) is 11.7 Å². The van der Waals surface area contributed by atoms with Gasteiger partial charge >= 0.3 is 0 Å². The maximum absolute atomic E-state index is 12.6. The van der Waals surface area contributed by atoms with Crippen LogP contribution in [0, 0.1) is 0 Å². The average molecular weight is 360 g/mol. The Labute approximate surface area is 151 Å². The second kappa shape index (κ2) is 7.27. The van der Waals surface area contributed by atoms with Crippen LogP contribution in [0.3, 0.4) is 0 Å². The molecule has 0 radical (unpaired) electrons. The van der Waals surface area contributed by atoms with Crippen molar-refractivity contribution in [3.05, 3.63) is 27.6 Å². The summed E-state index contributed by atoms with van der Waals surface area (Å²) in [6.07, 6.45) is 2.85. The highest BCUT2D eigenvalue weighted by atomic mass is 32.1. The number of aromatic nitrogens is 2. The minimum Gasteiger partial charge on any atom is -0.379 e. The molecule has 3 heterocycles. The molecule has 0 unspecified atom stereocenters. The number of thiophene rings is 1. The van der Waals surface area contributed by atoms with Crippen LogP contribution in [0.25, 0.3) is 11.3 Å². The number of carbonyl (C=O) groups is 1. The van der Waals surface area contributed by atoms with E-state index in [-0.39, 0.29) is 5.91 Å². The van der Waals surface area contributed by atoms with Crippen molar-refractivity contribution in [2.75, 3.05) is 39.4 Å². The van der Waals surface area contributed by atoms with E-state index in [0.29, 0.717) is 12.2 Å². The molecular formula is C18H24N4O2S. The van der Waals surface area contributed by atoms with Gasteiger partial charge in [0.1, 0.15) is 0 Å². The molecular weight excluding hydrogens is 336 g/mol. The molecule has 2 aliphatic rings. The molecule has 0 spiro atoms. The number of nitrogens with zero attached hydrogens (tertiary/aromatic N) is 3. The van der Waals surface area contributed by atoms with Gasteiger partial charge in [-0.15, -0.1) is 11.3 Å². The highest BCUT2D eigenvalue weighted by Crippen LogP contribution is 2.37. The fourth-order valence-corrected chi connectivity index (χ4v) is 4.60. The van der Waals surface area contributed by atoms with Gasteiger partial charge < -0.3 is 10.1 Å². The summed E-state index contributed by atoms with van der Waals surface area (Å²) < 4.78 is 7.22. The van der Waals surface area contributed by atoms with Crippen LogP contribution in [-0.4, -0.2) is 60.0 Å². The third kappa shape index (κ3) is 3.36. The molecule has 1 aliphatic carbocycles. The van der Waals surface area contributed by atoms with E-state index in [2.05, 4.69) is 26.8 Å². The van der Waals surface area contributed by atoms with E-state index in [0.717, 1.165) is 63.4 Å². The van der Waals surface area contributed by atoms with Crippen molar-refractivity contribution in [1.82, 2.24) is 20.0 Å². The molecule has 0 bridgehead atoms. The van der Waals surface area contributed by atoms with Crippen LogP contribution in [0.5, 0.6) is 0 Å². The van der Waals surface area contributed by atoms with Gasteiger partial charge in [-0.05, 0) is 37.3 Å². The Morgan fingerprint density at radius 1 is 1.36 bits per heavy atom. The van der Waals surface area contributed by atoms with Gasteiger partial charge in [0.25, 0.3) is 5.91 Å². The van der Waals surface area contributed by atoms with Gasteiger partial charge in [-0.2, -0.15) is 5.10 Å². The van der Waals surface area contributed by atoms with Crippen LogP contribution in [0.15, 0.2) is 11.4 Å². The number of nitrogens with one attached hydrogen (secondary N) is 1. The van der Waals surface area contributed by atoms with Crippen molar-refractivity contribution in [3.63, 3.8) is 0 Å². The van der Waals surface area contributed by atoms with E-state index in [1.165, 1.54) is 10.4 Å². The summed E-state index contributed by atoms with van der Waals surface area (Å²) in [5.74, 6) is -0.0440. The molecule has 0 aromatic carbocycles. The Morgan fingerprint density at radius 3 is 3.04 bits per heavy atom. The average Bonchev–Trinajstić information content (AvgIpc) is 3.23. The Hall–Kier alpha value is -1.70. The van der Waals surface area contributed by atoms with E-state index < -0.39 is 0 Å². The first-order valence-electron chi connectivity index (χ1n) is 8.95. The van der Waals surface area contributed by atoms with Crippen molar-refractivity contribution >= 4 is 17.2 Å². The highest BCUT2D eigenvalue weighted by Gasteiger charge is 2.27. The van der Waals surface area contributed by atoms with Crippen molar-refractivity contribution in [1.29, 1.82) is 0 Å². The summed E-state index contributed by atoms with van der Waals surface area (Å²) >= 11 is 1.79. The molecule has 1 amide bonds. The van der Waals surface area contributed by atoms with E-state index in [4.69, 9.17) is 4.74 Å². The van der Waals surface area contributed by atoms with Crippen LogP contribution >= 0.6 is 11.3 Å². The van der Waals surface area contributed by atoms with Gasteiger partial charge in [0.15, 0.2) is 5.69 Å². The molecule has 1 N–H and O–H groups in total. The normalized spacial score (nSPS) is 17.2. The number of morpholine rings is 1. The second-order valence-corrected chi connectivity index (χ2v) is 7.62. The lowest BCUT2D eigenvalue weighted by atomic mass is 9.94. The number of rotatable bonds is 5. The number of ether oxygens (including phenoxy) is 1. The number of aryl methyl sites for hydroxylation is 2. The van der Waals surface area contributed by atoms with Gasteiger partial charge in [0, 0.05) is 42.7 Å². The Kier molecular flexibility index (Phi) is 4.87. The Morgan fingerprint density at radius 2 is 2.20 bits per heavy atom. The second-order valence-electron chi connectivity index (χ2n) is 6.62. The summed E-state index contributed by atoms with van der Waals surface area (Å²) in [7, 11) is 1.93. The molecule has 0 saturated carbocycles. The zero-order chi connectivity index (χ0) is 17.2. The molecule has 134 valence electrons. The largest absolute Gasteiger partial charge is 0.379 e. The van der Waals surface area contributed by atoms with Crippen LogP contribution < -0.4 is 5.32 Å². The summed E-state index contributed by atoms with van der Waals surface area (Å²) in [5.41, 5.74) is 4.05. The lowest BCUT2D eigenvalue weighted by molar-refractivity contribution is 0.0374. The van der Waals surface area contributed by atoms with E-state index in [1.54, 1.807) is 11.3 Å². The third-order valence-corrected chi connectivity index (χ3v) is 5.98. The van der Waals surface area contributed by atoms with Gasteiger partial charge in [0.05, 0.1) is 18.9 Å². The van der Waals surface area contributed by atoms with Crippen molar-refractivity contribution in [2.24, 2.45) is 7.05 Å².